The third-order valence-electron chi connectivity index (χ3n) is 4.61. The van der Waals surface area contributed by atoms with Gasteiger partial charge < -0.3 is 5.32 Å². The lowest BCUT2D eigenvalue weighted by Gasteiger charge is -2.25. The number of halogens is 3. The molecule has 0 aliphatic carbocycles. The van der Waals surface area contributed by atoms with Crippen molar-refractivity contribution in [1.29, 1.82) is 0 Å². The fourth-order valence-corrected chi connectivity index (χ4v) is 4.35. The third kappa shape index (κ3) is 3.91. The first-order chi connectivity index (χ1) is 14.4. The largest absolute Gasteiger partial charge is 0.322 e. The summed E-state index contributed by atoms with van der Waals surface area (Å²) < 4.78 is 41.2. The maximum atomic E-state index is 14.2. The van der Waals surface area contributed by atoms with E-state index in [-0.39, 0.29) is 22.9 Å². The molecule has 8 heteroatoms. The van der Waals surface area contributed by atoms with Crippen molar-refractivity contribution in [3.63, 3.8) is 0 Å². The van der Waals surface area contributed by atoms with Crippen LogP contribution in [0.1, 0.15) is 21.3 Å². The van der Waals surface area contributed by atoms with Gasteiger partial charge in [-0.05, 0) is 42.0 Å². The summed E-state index contributed by atoms with van der Waals surface area (Å²) in [5.74, 6) is -2.86. The van der Waals surface area contributed by atoms with E-state index in [9.17, 15) is 22.8 Å². The minimum atomic E-state index is -0.815. The predicted octanol–water partition coefficient (Wildman–Crippen LogP) is 5.13. The van der Waals surface area contributed by atoms with Crippen molar-refractivity contribution in [2.24, 2.45) is 0 Å². The number of rotatable bonds is 4. The van der Waals surface area contributed by atoms with Crippen molar-refractivity contribution in [2.75, 3.05) is 16.0 Å². The second-order valence-corrected chi connectivity index (χ2v) is 7.65. The molecule has 1 fully saturated rings. The number of carbonyl (C=O) groups excluding carboxylic acids is 2. The molecule has 1 aliphatic heterocycles. The second kappa shape index (κ2) is 8.23. The minimum Gasteiger partial charge on any atom is -0.322 e. The van der Waals surface area contributed by atoms with Crippen molar-refractivity contribution in [2.45, 2.75) is 5.37 Å². The number of anilines is 2. The van der Waals surface area contributed by atoms with Crippen LogP contribution in [0.5, 0.6) is 0 Å². The van der Waals surface area contributed by atoms with Gasteiger partial charge in [0, 0.05) is 11.8 Å². The molecule has 0 radical (unpaired) electrons. The Morgan fingerprint density at radius 2 is 1.70 bits per heavy atom. The molecule has 0 aromatic heterocycles. The number of hydrogen-bond acceptors (Lipinski definition) is 3. The molecule has 3 aromatic carbocycles. The summed E-state index contributed by atoms with van der Waals surface area (Å²) in [4.78, 5) is 25.9. The Labute approximate surface area is 174 Å². The summed E-state index contributed by atoms with van der Waals surface area (Å²) in [5.41, 5.74) is 1.09. The standard InChI is InChI=1S/C22H15F3N2O2S/c23-14-7-10-19(18(25)11-14)27-20(28)12-30-22(27)13-5-8-15(9-6-13)26-21(29)16-3-1-2-4-17(16)24/h1-11,22H,12H2,(H,26,29). The van der Waals surface area contributed by atoms with Crippen molar-refractivity contribution >= 4 is 35.0 Å². The second-order valence-electron chi connectivity index (χ2n) is 6.58. The predicted molar refractivity (Wildman–Crippen MR) is 110 cm³/mol. The molecule has 0 bridgehead atoms. The molecule has 2 amide bonds. The van der Waals surface area contributed by atoms with Crippen LogP contribution in [0.15, 0.2) is 66.7 Å². The van der Waals surface area contributed by atoms with Crippen LogP contribution >= 0.6 is 11.8 Å². The van der Waals surface area contributed by atoms with Crippen molar-refractivity contribution in [3.05, 3.63) is 95.3 Å². The summed E-state index contributed by atoms with van der Waals surface area (Å²) in [5, 5.41) is 2.12. The van der Waals surface area contributed by atoms with Gasteiger partial charge in [-0.15, -0.1) is 11.8 Å². The summed E-state index contributed by atoms with van der Waals surface area (Å²) in [7, 11) is 0. The van der Waals surface area contributed by atoms with Crippen molar-refractivity contribution in [3.8, 4) is 0 Å². The number of amides is 2. The van der Waals surface area contributed by atoms with Crippen LogP contribution in [-0.2, 0) is 4.79 Å². The highest BCUT2D eigenvalue weighted by Crippen LogP contribution is 2.42. The van der Waals surface area contributed by atoms with E-state index in [2.05, 4.69) is 5.32 Å². The number of nitrogens with zero attached hydrogens (tertiary/aromatic N) is 1. The van der Waals surface area contributed by atoms with Crippen LogP contribution < -0.4 is 10.2 Å². The first-order valence-corrected chi connectivity index (χ1v) is 10.0. The highest BCUT2D eigenvalue weighted by Gasteiger charge is 2.35. The van der Waals surface area contributed by atoms with Gasteiger partial charge in [-0.2, -0.15) is 0 Å². The van der Waals surface area contributed by atoms with E-state index < -0.39 is 28.7 Å². The molecule has 4 rings (SSSR count). The molecule has 1 atom stereocenters. The molecule has 4 nitrogen and oxygen atoms in total. The van der Waals surface area contributed by atoms with E-state index >= 15 is 0 Å². The van der Waals surface area contributed by atoms with Crippen LogP contribution in [0.2, 0.25) is 0 Å². The van der Waals surface area contributed by atoms with Crippen LogP contribution in [0.3, 0.4) is 0 Å². The molecule has 0 saturated carbocycles. The fraction of sp³-hybridized carbons (Fsp3) is 0.0909. The number of carbonyl (C=O) groups is 2. The van der Waals surface area contributed by atoms with E-state index in [1.54, 1.807) is 30.3 Å². The monoisotopic (exact) mass is 428 g/mol. The summed E-state index contributed by atoms with van der Waals surface area (Å²) in [6.07, 6.45) is 0. The molecular weight excluding hydrogens is 413 g/mol. The average molecular weight is 428 g/mol. The maximum absolute atomic E-state index is 14.2. The smallest absolute Gasteiger partial charge is 0.258 e. The van der Waals surface area contributed by atoms with Gasteiger partial charge in [-0.3, -0.25) is 14.5 Å². The van der Waals surface area contributed by atoms with Crippen LogP contribution in [0.4, 0.5) is 24.5 Å². The van der Waals surface area contributed by atoms with E-state index in [4.69, 9.17) is 0 Å². The summed E-state index contributed by atoms with van der Waals surface area (Å²) in [6, 6.07) is 15.4. The van der Waals surface area contributed by atoms with E-state index in [0.717, 1.165) is 12.1 Å². The first kappa shape index (κ1) is 20.0. The lowest BCUT2D eigenvalue weighted by Crippen LogP contribution is -2.28. The van der Waals surface area contributed by atoms with Gasteiger partial charge in [-0.1, -0.05) is 24.3 Å². The van der Waals surface area contributed by atoms with Gasteiger partial charge in [0.2, 0.25) is 5.91 Å². The first-order valence-electron chi connectivity index (χ1n) is 8.98. The Kier molecular flexibility index (Phi) is 5.50. The fourth-order valence-electron chi connectivity index (χ4n) is 3.18. The maximum Gasteiger partial charge on any atom is 0.258 e. The molecule has 1 unspecified atom stereocenters. The lowest BCUT2D eigenvalue weighted by molar-refractivity contribution is -0.115. The average Bonchev–Trinajstić information content (AvgIpc) is 3.10. The molecule has 1 saturated heterocycles. The van der Waals surface area contributed by atoms with Crippen LogP contribution in [0.25, 0.3) is 0 Å². The zero-order valence-electron chi connectivity index (χ0n) is 15.4. The van der Waals surface area contributed by atoms with Crippen molar-refractivity contribution < 1.29 is 22.8 Å². The summed E-state index contributed by atoms with van der Waals surface area (Å²) >= 11 is 1.32. The highest BCUT2D eigenvalue weighted by molar-refractivity contribution is 8.00. The Morgan fingerprint density at radius 3 is 2.40 bits per heavy atom. The Hall–Kier alpha value is -3.26. The topological polar surface area (TPSA) is 49.4 Å². The normalized spacial score (nSPS) is 16.0. The van der Waals surface area contributed by atoms with Gasteiger partial charge in [-0.25, -0.2) is 13.2 Å². The number of benzene rings is 3. The lowest BCUT2D eigenvalue weighted by atomic mass is 10.1. The van der Waals surface area contributed by atoms with Gasteiger partial charge >= 0.3 is 0 Å². The van der Waals surface area contributed by atoms with Crippen LogP contribution in [0, 0.1) is 17.5 Å². The highest BCUT2D eigenvalue weighted by atomic mass is 32.2. The van der Waals surface area contributed by atoms with Gasteiger partial charge in [0.25, 0.3) is 5.91 Å². The quantitative estimate of drug-likeness (QED) is 0.627. The zero-order chi connectivity index (χ0) is 21.3. The SMILES string of the molecule is O=C(Nc1ccc(C2SCC(=O)N2c2ccc(F)cc2F)cc1)c1ccccc1F. The Bertz CT molecular complexity index is 1120. The zero-order valence-corrected chi connectivity index (χ0v) is 16.3. The minimum absolute atomic E-state index is 0.00771. The Morgan fingerprint density at radius 1 is 0.967 bits per heavy atom. The van der Waals surface area contributed by atoms with E-state index in [1.807, 2.05) is 0 Å². The number of thioether (sulfide) groups is 1. The molecule has 3 aromatic rings. The third-order valence-corrected chi connectivity index (χ3v) is 5.82. The van der Waals surface area contributed by atoms with Gasteiger partial charge in [0.05, 0.1) is 17.0 Å². The summed E-state index contributed by atoms with van der Waals surface area (Å²) in [6.45, 7) is 0. The van der Waals surface area contributed by atoms with Crippen LogP contribution in [-0.4, -0.2) is 17.6 Å². The van der Waals surface area contributed by atoms with E-state index in [1.165, 1.54) is 40.9 Å². The number of nitrogens with one attached hydrogen (secondary N) is 1. The number of hydrogen-bond donors (Lipinski definition) is 1. The molecule has 152 valence electrons. The van der Waals surface area contributed by atoms with Crippen molar-refractivity contribution in [1.82, 2.24) is 0 Å². The molecule has 1 heterocycles. The van der Waals surface area contributed by atoms with Gasteiger partial charge in [0.15, 0.2) is 0 Å². The van der Waals surface area contributed by atoms with E-state index in [0.29, 0.717) is 11.3 Å². The molecule has 30 heavy (non-hydrogen) atoms. The Balaban J connectivity index is 1.55. The molecule has 0 spiro atoms. The van der Waals surface area contributed by atoms with Gasteiger partial charge in [0.1, 0.15) is 22.8 Å². The molecular formula is C22H15F3N2O2S. The molecule has 1 aliphatic rings. The molecule has 1 N–H and O–H groups in total.